The van der Waals surface area contributed by atoms with Crippen molar-refractivity contribution >= 4 is 15.7 Å². The Kier molecular flexibility index (Phi) is 4.70. The van der Waals surface area contributed by atoms with Crippen LogP contribution in [0.1, 0.15) is 18.9 Å². The van der Waals surface area contributed by atoms with E-state index in [1.165, 1.54) is 10.4 Å². The van der Waals surface area contributed by atoms with Crippen LogP contribution in [0.25, 0.3) is 0 Å². The van der Waals surface area contributed by atoms with Gasteiger partial charge in [0.25, 0.3) is 0 Å². The molecule has 0 atom stereocenters. The van der Waals surface area contributed by atoms with E-state index < -0.39 is 10.0 Å². The number of nitrogen functional groups attached to an aromatic ring is 1. The first-order chi connectivity index (χ1) is 8.45. The smallest absolute Gasteiger partial charge is 0.243 e. The minimum absolute atomic E-state index is 0.175. The summed E-state index contributed by atoms with van der Waals surface area (Å²) >= 11 is 0. The molecule has 0 aliphatic carbocycles. The summed E-state index contributed by atoms with van der Waals surface area (Å²) in [5.41, 5.74) is 6.72. The van der Waals surface area contributed by atoms with E-state index in [2.05, 4.69) is 0 Å². The molecular formula is C12H17N3O2S. The molecule has 0 saturated heterocycles. The number of hydrogen-bond donors (Lipinski definition) is 1. The molecule has 0 saturated carbocycles. The maximum Gasteiger partial charge on any atom is 0.243 e. The minimum atomic E-state index is -3.57. The zero-order valence-corrected chi connectivity index (χ0v) is 11.4. The molecule has 0 unspecified atom stereocenters. The lowest BCUT2D eigenvalue weighted by Gasteiger charge is -2.20. The van der Waals surface area contributed by atoms with E-state index in [0.29, 0.717) is 17.8 Å². The van der Waals surface area contributed by atoms with Gasteiger partial charge in [-0.1, -0.05) is 13.0 Å². The molecule has 98 valence electrons. The van der Waals surface area contributed by atoms with Gasteiger partial charge in [0.15, 0.2) is 0 Å². The highest BCUT2D eigenvalue weighted by Gasteiger charge is 2.24. The van der Waals surface area contributed by atoms with Crippen LogP contribution in [0.5, 0.6) is 0 Å². The van der Waals surface area contributed by atoms with Crippen LogP contribution in [0, 0.1) is 18.3 Å². The lowest BCUT2D eigenvalue weighted by molar-refractivity contribution is 0.434. The number of anilines is 1. The summed E-state index contributed by atoms with van der Waals surface area (Å²) < 4.78 is 26.1. The average molecular weight is 267 g/mol. The minimum Gasteiger partial charge on any atom is -0.398 e. The number of hydrogen-bond acceptors (Lipinski definition) is 4. The third-order valence-electron chi connectivity index (χ3n) is 2.77. The predicted molar refractivity (Wildman–Crippen MR) is 70.3 cm³/mol. The third kappa shape index (κ3) is 2.81. The maximum atomic E-state index is 12.4. The first kappa shape index (κ1) is 14.5. The first-order valence-corrected chi connectivity index (χ1v) is 7.11. The second-order valence-corrected chi connectivity index (χ2v) is 5.78. The number of rotatable bonds is 5. The van der Waals surface area contributed by atoms with Crippen molar-refractivity contribution in [2.75, 3.05) is 18.8 Å². The molecule has 1 rings (SSSR count). The van der Waals surface area contributed by atoms with Gasteiger partial charge in [-0.2, -0.15) is 9.57 Å². The summed E-state index contributed by atoms with van der Waals surface area (Å²) in [5, 5.41) is 8.55. The van der Waals surface area contributed by atoms with E-state index in [-0.39, 0.29) is 17.9 Å². The Morgan fingerprint density at radius 3 is 2.67 bits per heavy atom. The number of nitrogens with zero attached hydrogens (tertiary/aromatic N) is 2. The molecule has 2 N–H and O–H groups in total. The second-order valence-electron chi connectivity index (χ2n) is 3.88. The van der Waals surface area contributed by atoms with Crippen LogP contribution in [0.15, 0.2) is 23.1 Å². The highest BCUT2D eigenvalue weighted by Crippen LogP contribution is 2.23. The Labute approximate surface area is 108 Å². The zero-order valence-electron chi connectivity index (χ0n) is 10.5. The molecule has 0 aliphatic rings. The van der Waals surface area contributed by atoms with Crippen molar-refractivity contribution in [1.29, 1.82) is 5.26 Å². The summed E-state index contributed by atoms with van der Waals surface area (Å²) in [4.78, 5) is 0.210. The van der Waals surface area contributed by atoms with Gasteiger partial charge in [0.1, 0.15) is 0 Å². The topological polar surface area (TPSA) is 87.2 Å². The summed E-state index contributed by atoms with van der Waals surface area (Å²) in [7, 11) is -3.57. The molecule has 1 aromatic rings. The Hall–Kier alpha value is -1.58. The fourth-order valence-corrected chi connectivity index (χ4v) is 3.38. The molecule has 0 amide bonds. The SMILES string of the molecule is CCN(CCC#N)S(=O)(=O)c1cccc(N)c1C. The first-order valence-electron chi connectivity index (χ1n) is 5.67. The number of benzene rings is 1. The predicted octanol–water partition coefficient (Wildman–Crippen LogP) is 1.50. The van der Waals surface area contributed by atoms with Gasteiger partial charge in [0.2, 0.25) is 10.0 Å². The number of nitriles is 1. The molecule has 0 radical (unpaired) electrons. The zero-order chi connectivity index (χ0) is 13.8. The van der Waals surface area contributed by atoms with Gasteiger partial charge >= 0.3 is 0 Å². The van der Waals surface area contributed by atoms with Crippen molar-refractivity contribution < 1.29 is 8.42 Å². The van der Waals surface area contributed by atoms with Crippen molar-refractivity contribution in [1.82, 2.24) is 4.31 Å². The quantitative estimate of drug-likeness (QED) is 0.819. The average Bonchev–Trinajstić information content (AvgIpc) is 2.33. The van der Waals surface area contributed by atoms with Crippen LogP contribution >= 0.6 is 0 Å². The molecule has 0 aliphatic heterocycles. The standard InChI is InChI=1S/C12H17N3O2S/c1-3-15(9-5-8-13)18(16,17)12-7-4-6-11(14)10(12)2/h4,6-7H,3,5,9,14H2,1-2H3. The van der Waals surface area contributed by atoms with E-state index in [1.54, 1.807) is 26.0 Å². The molecular weight excluding hydrogens is 250 g/mol. The van der Waals surface area contributed by atoms with E-state index in [0.717, 1.165) is 0 Å². The van der Waals surface area contributed by atoms with Gasteiger partial charge in [0, 0.05) is 25.2 Å². The fourth-order valence-electron chi connectivity index (χ4n) is 1.67. The van der Waals surface area contributed by atoms with Crippen LogP contribution in [0.2, 0.25) is 0 Å². The molecule has 6 heteroatoms. The van der Waals surface area contributed by atoms with Gasteiger partial charge < -0.3 is 5.73 Å². The normalized spacial score (nSPS) is 11.4. The molecule has 18 heavy (non-hydrogen) atoms. The van der Waals surface area contributed by atoms with E-state index in [9.17, 15) is 8.42 Å². The molecule has 5 nitrogen and oxygen atoms in total. The Balaban J connectivity index is 3.20. The Morgan fingerprint density at radius 2 is 2.11 bits per heavy atom. The van der Waals surface area contributed by atoms with Crippen LogP contribution in [0.4, 0.5) is 5.69 Å². The maximum absolute atomic E-state index is 12.4. The van der Waals surface area contributed by atoms with E-state index in [1.807, 2.05) is 6.07 Å². The van der Waals surface area contributed by atoms with Gasteiger partial charge in [-0.05, 0) is 24.6 Å². The third-order valence-corrected chi connectivity index (χ3v) is 4.89. The highest BCUT2D eigenvalue weighted by molar-refractivity contribution is 7.89. The van der Waals surface area contributed by atoms with Crippen molar-refractivity contribution in [2.24, 2.45) is 0 Å². The van der Waals surface area contributed by atoms with E-state index >= 15 is 0 Å². The number of sulfonamides is 1. The van der Waals surface area contributed by atoms with Crippen molar-refractivity contribution in [3.63, 3.8) is 0 Å². The van der Waals surface area contributed by atoms with Gasteiger partial charge in [0.05, 0.1) is 11.0 Å². The van der Waals surface area contributed by atoms with E-state index in [4.69, 9.17) is 11.0 Å². The molecule has 0 heterocycles. The summed E-state index contributed by atoms with van der Waals surface area (Å²) in [6, 6.07) is 6.77. The Morgan fingerprint density at radius 1 is 1.44 bits per heavy atom. The molecule has 0 aromatic heterocycles. The molecule has 1 aromatic carbocycles. The lowest BCUT2D eigenvalue weighted by Crippen LogP contribution is -2.32. The summed E-state index contributed by atoms with van der Waals surface area (Å²) in [5.74, 6) is 0. The monoisotopic (exact) mass is 267 g/mol. The lowest BCUT2D eigenvalue weighted by atomic mass is 10.2. The number of nitrogens with two attached hydrogens (primary N) is 1. The molecule has 0 spiro atoms. The van der Waals surface area contributed by atoms with Crippen LogP contribution in [0.3, 0.4) is 0 Å². The van der Waals surface area contributed by atoms with Crippen LogP contribution < -0.4 is 5.73 Å². The molecule has 0 bridgehead atoms. The fraction of sp³-hybridized carbons (Fsp3) is 0.417. The molecule has 0 fully saturated rings. The van der Waals surface area contributed by atoms with Crippen molar-refractivity contribution in [3.05, 3.63) is 23.8 Å². The summed E-state index contributed by atoms with van der Waals surface area (Å²) in [6.07, 6.45) is 0.175. The highest BCUT2D eigenvalue weighted by atomic mass is 32.2. The van der Waals surface area contributed by atoms with Crippen LogP contribution in [-0.4, -0.2) is 25.8 Å². The van der Waals surface area contributed by atoms with Gasteiger partial charge in [-0.15, -0.1) is 0 Å². The van der Waals surface area contributed by atoms with Crippen molar-refractivity contribution in [2.45, 2.75) is 25.2 Å². The van der Waals surface area contributed by atoms with Crippen molar-refractivity contribution in [3.8, 4) is 6.07 Å². The Bertz CT molecular complexity index is 561. The largest absolute Gasteiger partial charge is 0.398 e. The van der Waals surface area contributed by atoms with Gasteiger partial charge in [-0.3, -0.25) is 0 Å². The second kappa shape index (κ2) is 5.85. The van der Waals surface area contributed by atoms with Crippen LogP contribution in [-0.2, 0) is 10.0 Å². The van der Waals surface area contributed by atoms with Gasteiger partial charge in [-0.25, -0.2) is 8.42 Å². The summed E-state index contributed by atoms with van der Waals surface area (Å²) in [6.45, 7) is 3.96.